The molecule has 0 bridgehead atoms. The first kappa shape index (κ1) is 7.07. The molecule has 9 heavy (non-hydrogen) atoms. The molecule has 1 saturated carbocycles. The van der Waals surface area contributed by atoms with E-state index >= 15 is 0 Å². The van der Waals surface area contributed by atoms with Crippen LogP contribution in [0.5, 0.6) is 0 Å². The lowest BCUT2D eigenvalue weighted by atomic mass is 10.1. The summed E-state index contributed by atoms with van der Waals surface area (Å²) in [6, 6.07) is 0. The standard InChI is InChI=1S/C8H17N/c1-3-9-6-7(2)8-4-5-8/h7-9H,3-6H2,1-2H3/t7-/m0/s1. The minimum atomic E-state index is 0.921. The predicted octanol–water partition coefficient (Wildman–Crippen LogP) is 1.64. The van der Waals surface area contributed by atoms with E-state index in [9.17, 15) is 0 Å². The molecule has 0 spiro atoms. The van der Waals surface area contributed by atoms with Crippen molar-refractivity contribution in [3.63, 3.8) is 0 Å². The van der Waals surface area contributed by atoms with Crippen molar-refractivity contribution >= 4 is 0 Å². The van der Waals surface area contributed by atoms with Gasteiger partial charge in [-0.3, -0.25) is 0 Å². The van der Waals surface area contributed by atoms with E-state index in [0.29, 0.717) is 0 Å². The molecule has 1 aliphatic carbocycles. The highest BCUT2D eigenvalue weighted by molar-refractivity contribution is 4.79. The summed E-state index contributed by atoms with van der Waals surface area (Å²) in [6.07, 6.45) is 2.96. The van der Waals surface area contributed by atoms with E-state index in [0.717, 1.165) is 18.4 Å². The fraction of sp³-hybridized carbons (Fsp3) is 1.00. The Kier molecular flexibility index (Phi) is 2.52. The van der Waals surface area contributed by atoms with Gasteiger partial charge in [0.2, 0.25) is 0 Å². The van der Waals surface area contributed by atoms with Gasteiger partial charge >= 0.3 is 0 Å². The van der Waals surface area contributed by atoms with E-state index in [4.69, 9.17) is 0 Å². The molecule has 1 heteroatoms. The molecule has 0 amide bonds. The van der Waals surface area contributed by atoms with Gasteiger partial charge in [0.25, 0.3) is 0 Å². The van der Waals surface area contributed by atoms with Crippen molar-refractivity contribution in [2.45, 2.75) is 26.7 Å². The maximum Gasteiger partial charge on any atom is -0.00206 e. The lowest BCUT2D eigenvalue weighted by Crippen LogP contribution is -2.21. The highest BCUT2D eigenvalue weighted by Gasteiger charge is 2.26. The molecule has 0 saturated heterocycles. The maximum absolute atomic E-state index is 3.37. The van der Waals surface area contributed by atoms with Crippen LogP contribution in [0.2, 0.25) is 0 Å². The summed E-state index contributed by atoms with van der Waals surface area (Å²) in [4.78, 5) is 0. The molecule has 1 atom stereocenters. The Bertz CT molecular complexity index is 76.6. The van der Waals surface area contributed by atoms with Gasteiger partial charge < -0.3 is 5.32 Å². The van der Waals surface area contributed by atoms with Crippen molar-refractivity contribution in [3.8, 4) is 0 Å². The molecule has 1 rings (SSSR count). The first-order valence-electron chi connectivity index (χ1n) is 4.05. The average molecular weight is 127 g/mol. The van der Waals surface area contributed by atoms with E-state index in [1.165, 1.54) is 19.4 Å². The van der Waals surface area contributed by atoms with Crippen LogP contribution in [0.1, 0.15) is 26.7 Å². The fourth-order valence-electron chi connectivity index (χ4n) is 1.20. The van der Waals surface area contributed by atoms with Crippen LogP contribution >= 0.6 is 0 Å². The Morgan fingerprint density at radius 3 is 2.67 bits per heavy atom. The molecular formula is C8H17N. The van der Waals surface area contributed by atoms with Crippen molar-refractivity contribution in [3.05, 3.63) is 0 Å². The molecular weight excluding hydrogens is 110 g/mol. The molecule has 0 aromatic rings. The largest absolute Gasteiger partial charge is 0.317 e. The molecule has 0 radical (unpaired) electrons. The third kappa shape index (κ3) is 2.35. The quantitative estimate of drug-likeness (QED) is 0.605. The predicted molar refractivity (Wildman–Crippen MR) is 40.4 cm³/mol. The fourth-order valence-corrected chi connectivity index (χ4v) is 1.20. The summed E-state index contributed by atoms with van der Waals surface area (Å²) in [5, 5.41) is 3.37. The lowest BCUT2D eigenvalue weighted by molar-refractivity contribution is 0.469. The van der Waals surface area contributed by atoms with Gasteiger partial charge in [0.1, 0.15) is 0 Å². The number of hydrogen-bond acceptors (Lipinski definition) is 1. The Morgan fingerprint density at radius 1 is 1.56 bits per heavy atom. The maximum atomic E-state index is 3.37. The number of hydrogen-bond donors (Lipinski definition) is 1. The summed E-state index contributed by atoms with van der Waals surface area (Å²) in [7, 11) is 0. The van der Waals surface area contributed by atoms with E-state index < -0.39 is 0 Å². The van der Waals surface area contributed by atoms with Crippen LogP contribution in [0.4, 0.5) is 0 Å². The summed E-state index contributed by atoms with van der Waals surface area (Å²) in [5.41, 5.74) is 0. The van der Waals surface area contributed by atoms with E-state index in [1.54, 1.807) is 0 Å². The topological polar surface area (TPSA) is 12.0 Å². The molecule has 1 fully saturated rings. The van der Waals surface area contributed by atoms with Crippen LogP contribution < -0.4 is 5.32 Å². The zero-order valence-corrected chi connectivity index (χ0v) is 6.48. The van der Waals surface area contributed by atoms with Crippen LogP contribution in [0.15, 0.2) is 0 Å². The van der Waals surface area contributed by atoms with Crippen molar-refractivity contribution in [1.82, 2.24) is 5.32 Å². The normalized spacial score (nSPS) is 22.0. The van der Waals surface area contributed by atoms with Crippen LogP contribution in [0, 0.1) is 11.8 Å². The number of rotatable bonds is 4. The second-order valence-corrected chi connectivity index (χ2v) is 3.12. The van der Waals surface area contributed by atoms with Gasteiger partial charge in [-0.05, 0) is 37.8 Å². The molecule has 0 heterocycles. The van der Waals surface area contributed by atoms with Gasteiger partial charge in [0.05, 0.1) is 0 Å². The van der Waals surface area contributed by atoms with Crippen molar-refractivity contribution in [2.24, 2.45) is 11.8 Å². The van der Waals surface area contributed by atoms with Crippen molar-refractivity contribution < 1.29 is 0 Å². The van der Waals surface area contributed by atoms with E-state index in [1.807, 2.05) is 0 Å². The smallest absolute Gasteiger partial charge is 0.00206 e. The highest BCUT2D eigenvalue weighted by Crippen LogP contribution is 2.35. The Morgan fingerprint density at radius 2 is 2.22 bits per heavy atom. The minimum Gasteiger partial charge on any atom is -0.317 e. The van der Waals surface area contributed by atoms with Gasteiger partial charge in [-0.15, -0.1) is 0 Å². The minimum absolute atomic E-state index is 0.921. The van der Waals surface area contributed by atoms with Crippen LogP contribution in [-0.4, -0.2) is 13.1 Å². The Hall–Kier alpha value is -0.0400. The first-order valence-corrected chi connectivity index (χ1v) is 4.05. The summed E-state index contributed by atoms with van der Waals surface area (Å²) < 4.78 is 0. The van der Waals surface area contributed by atoms with Crippen LogP contribution in [-0.2, 0) is 0 Å². The zero-order chi connectivity index (χ0) is 6.69. The lowest BCUT2D eigenvalue weighted by Gasteiger charge is -2.08. The summed E-state index contributed by atoms with van der Waals surface area (Å²) in [5.74, 6) is 1.98. The zero-order valence-electron chi connectivity index (χ0n) is 6.48. The van der Waals surface area contributed by atoms with Gasteiger partial charge in [0, 0.05) is 0 Å². The van der Waals surface area contributed by atoms with Gasteiger partial charge in [0.15, 0.2) is 0 Å². The van der Waals surface area contributed by atoms with Gasteiger partial charge in [-0.25, -0.2) is 0 Å². The van der Waals surface area contributed by atoms with Crippen LogP contribution in [0.25, 0.3) is 0 Å². The summed E-state index contributed by atoms with van der Waals surface area (Å²) >= 11 is 0. The molecule has 1 nitrogen and oxygen atoms in total. The summed E-state index contributed by atoms with van der Waals surface area (Å²) in [6.45, 7) is 6.86. The van der Waals surface area contributed by atoms with Crippen molar-refractivity contribution in [1.29, 1.82) is 0 Å². The monoisotopic (exact) mass is 127 g/mol. The molecule has 0 aliphatic heterocycles. The molecule has 0 aromatic heterocycles. The third-order valence-corrected chi connectivity index (χ3v) is 2.14. The van der Waals surface area contributed by atoms with Gasteiger partial charge in [-0.1, -0.05) is 13.8 Å². The third-order valence-electron chi connectivity index (χ3n) is 2.14. The van der Waals surface area contributed by atoms with Crippen LogP contribution in [0.3, 0.4) is 0 Å². The average Bonchev–Trinajstić information content (AvgIpc) is 2.63. The molecule has 54 valence electrons. The molecule has 1 aliphatic rings. The van der Waals surface area contributed by atoms with Crippen molar-refractivity contribution in [2.75, 3.05) is 13.1 Å². The highest BCUT2D eigenvalue weighted by atomic mass is 14.8. The molecule has 1 N–H and O–H groups in total. The molecule has 0 unspecified atom stereocenters. The second-order valence-electron chi connectivity index (χ2n) is 3.12. The number of nitrogens with one attached hydrogen (secondary N) is 1. The Balaban J connectivity index is 1.96. The SMILES string of the molecule is CCNC[C@H](C)C1CC1. The first-order chi connectivity index (χ1) is 4.34. The Labute approximate surface area is 57.8 Å². The molecule has 0 aromatic carbocycles. The second kappa shape index (κ2) is 3.21. The van der Waals surface area contributed by atoms with E-state index in [-0.39, 0.29) is 0 Å². The van der Waals surface area contributed by atoms with Gasteiger partial charge in [-0.2, -0.15) is 0 Å². The van der Waals surface area contributed by atoms with E-state index in [2.05, 4.69) is 19.2 Å².